The lowest BCUT2D eigenvalue weighted by Gasteiger charge is -2.23. The van der Waals surface area contributed by atoms with E-state index >= 15 is 0 Å². The quantitative estimate of drug-likeness (QED) is 0.327. The number of hydroxylamine groups is 1. The van der Waals surface area contributed by atoms with Crippen molar-refractivity contribution in [2.45, 2.75) is 30.0 Å². The molecule has 0 aliphatic heterocycles. The molecule has 2 rings (SSSR count). The van der Waals surface area contributed by atoms with Gasteiger partial charge in [0.25, 0.3) is 0 Å². The minimum Gasteiger partial charge on any atom is -0.624 e. The van der Waals surface area contributed by atoms with E-state index < -0.39 is 29.1 Å². The number of aromatic nitrogens is 1. The van der Waals surface area contributed by atoms with Gasteiger partial charge in [0.05, 0.1) is 17.0 Å². The van der Waals surface area contributed by atoms with Crippen LogP contribution in [0.25, 0.3) is 0 Å². The first-order valence-electron chi connectivity index (χ1n) is 6.78. The molecule has 1 atom stereocenters. The Morgan fingerprint density at radius 2 is 2.23 bits per heavy atom. The second-order valence-electron chi connectivity index (χ2n) is 5.02. The fourth-order valence-corrected chi connectivity index (χ4v) is 4.13. The molecule has 1 aromatic heterocycles. The molecule has 4 nitrogen and oxygen atoms in total. The summed E-state index contributed by atoms with van der Waals surface area (Å²) in [7, 11) is -1.66. The van der Waals surface area contributed by atoms with Crippen LogP contribution in [-0.4, -0.2) is 32.4 Å². The molecular weight excluding hydrogens is 337 g/mol. The second-order valence-corrected chi connectivity index (χ2v) is 7.83. The molecule has 1 fully saturated rings. The van der Waals surface area contributed by atoms with E-state index in [2.05, 4.69) is 4.98 Å². The van der Waals surface area contributed by atoms with E-state index in [-0.39, 0.29) is 10.1 Å². The van der Waals surface area contributed by atoms with Gasteiger partial charge in [-0.15, -0.1) is 0 Å². The van der Waals surface area contributed by atoms with Gasteiger partial charge in [-0.3, -0.25) is 4.21 Å². The molecular formula is C13H15F3N2O2S2. The Morgan fingerprint density at radius 1 is 1.50 bits per heavy atom. The molecule has 0 bridgehead atoms. The summed E-state index contributed by atoms with van der Waals surface area (Å²) in [6, 6.07) is 0. The van der Waals surface area contributed by atoms with Crippen LogP contribution in [0.15, 0.2) is 22.4 Å². The summed E-state index contributed by atoms with van der Waals surface area (Å²) in [5.74, 6) is -1.39. The van der Waals surface area contributed by atoms with Crippen LogP contribution < -0.4 is 0 Å². The number of allylic oxidation sites excluding steroid dienone is 1. The number of hydrogen-bond acceptors (Lipinski definition) is 4. The minimum atomic E-state index is -2.39. The van der Waals surface area contributed by atoms with Gasteiger partial charge in [-0.05, 0) is 12.8 Å². The summed E-state index contributed by atoms with van der Waals surface area (Å²) < 4.78 is 49.4. The van der Waals surface area contributed by atoms with Crippen LogP contribution >= 0.6 is 11.3 Å². The van der Waals surface area contributed by atoms with Crippen molar-refractivity contribution in [3.05, 3.63) is 28.2 Å². The molecule has 1 aliphatic rings. The second kappa shape index (κ2) is 7.87. The molecule has 0 amide bonds. The zero-order valence-corrected chi connectivity index (χ0v) is 13.3. The molecule has 1 aliphatic carbocycles. The van der Waals surface area contributed by atoms with Gasteiger partial charge in [0, 0.05) is 18.1 Å². The standard InChI is InChI=1S/C13H15F3N2O2S2/c14-11(12(15)16)4-5-22(20)13-17-6-10(21-13)8-18(19)7-9-2-1-3-9/h6,8-9H,1-5,7H2/b18-8-. The number of halogens is 3. The van der Waals surface area contributed by atoms with E-state index in [1.807, 2.05) is 0 Å². The van der Waals surface area contributed by atoms with Gasteiger partial charge in [-0.2, -0.15) is 8.78 Å². The predicted molar refractivity (Wildman–Crippen MR) is 79.4 cm³/mol. The Labute approximate surface area is 132 Å². The summed E-state index contributed by atoms with van der Waals surface area (Å²) in [6.07, 6.45) is 3.10. The summed E-state index contributed by atoms with van der Waals surface area (Å²) in [4.78, 5) is 4.45. The minimum absolute atomic E-state index is 0.204. The van der Waals surface area contributed by atoms with Crippen LogP contribution in [0.5, 0.6) is 0 Å². The molecule has 1 unspecified atom stereocenters. The topological polar surface area (TPSA) is 56.0 Å². The monoisotopic (exact) mass is 352 g/mol. The van der Waals surface area contributed by atoms with Gasteiger partial charge in [0.15, 0.2) is 22.9 Å². The third-order valence-electron chi connectivity index (χ3n) is 3.34. The Morgan fingerprint density at radius 3 is 2.82 bits per heavy atom. The maximum Gasteiger partial charge on any atom is 0.301 e. The highest BCUT2D eigenvalue weighted by Gasteiger charge is 2.21. The maximum absolute atomic E-state index is 12.7. The first kappa shape index (κ1) is 17.1. The van der Waals surface area contributed by atoms with Crippen molar-refractivity contribution in [2.75, 3.05) is 12.3 Å². The van der Waals surface area contributed by atoms with E-state index in [9.17, 15) is 22.6 Å². The third-order valence-corrected chi connectivity index (χ3v) is 5.95. The van der Waals surface area contributed by atoms with Crippen molar-refractivity contribution in [3.8, 4) is 0 Å². The molecule has 1 aromatic rings. The van der Waals surface area contributed by atoms with Crippen molar-refractivity contribution in [2.24, 2.45) is 5.92 Å². The zero-order valence-electron chi connectivity index (χ0n) is 11.6. The highest BCUT2D eigenvalue weighted by Crippen LogP contribution is 2.26. The first-order chi connectivity index (χ1) is 10.5. The molecule has 0 N–H and O–H groups in total. The fourth-order valence-electron chi connectivity index (χ4n) is 1.92. The lowest BCUT2D eigenvalue weighted by Crippen LogP contribution is -2.22. The van der Waals surface area contributed by atoms with Crippen LogP contribution in [0.2, 0.25) is 0 Å². The predicted octanol–water partition coefficient (Wildman–Crippen LogP) is 3.45. The van der Waals surface area contributed by atoms with Crippen molar-refractivity contribution in [1.82, 2.24) is 4.98 Å². The summed E-state index contributed by atoms with van der Waals surface area (Å²) in [5.41, 5.74) is 0. The average Bonchev–Trinajstić information content (AvgIpc) is 2.88. The zero-order chi connectivity index (χ0) is 16.1. The molecule has 0 aromatic carbocycles. The largest absolute Gasteiger partial charge is 0.624 e. The molecule has 0 saturated heterocycles. The Balaban J connectivity index is 1.91. The summed E-state index contributed by atoms with van der Waals surface area (Å²) in [6.45, 7) is 0.433. The Hall–Kier alpha value is -1.22. The van der Waals surface area contributed by atoms with Crippen molar-refractivity contribution < 1.29 is 22.1 Å². The van der Waals surface area contributed by atoms with Crippen molar-refractivity contribution in [1.29, 1.82) is 0 Å². The van der Waals surface area contributed by atoms with Crippen LogP contribution in [0.4, 0.5) is 13.2 Å². The average molecular weight is 352 g/mol. The molecule has 22 heavy (non-hydrogen) atoms. The van der Waals surface area contributed by atoms with E-state index in [4.69, 9.17) is 0 Å². The van der Waals surface area contributed by atoms with E-state index in [1.165, 1.54) is 12.4 Å². The Bertz CT molecular complexity index is 608. The number of thiazole rings is 1. The Kier molecular flexibility index (Phi) is 6.13. The lowest BCUT2D eigenvalue weighted by atomic mass is 9.86. The van der Waals surface area contributed by atoms with Crippen molar-refractivity contribution >= 4 is 28.4 Å². The lowest BCUT2D eigenvalue weighted by molar-refractivity contribution is -0.464. The highest BCUT2D eigenvalue weighted by atomic mass is 32.2. The van der Waals surface area contributed by atoms with Gasteiger partial charge in [0.1, 0.15) is 4.88 Å². The van der Waals surface area contributed by atoms with Gasteiger partial charge < -0.3 is 5.21 Å². The van der Waals surface area contributed by atoms with E-state index in [0.29, 0.717) is 17.3 Å². The molecule has 9 heteroatoms. The summed E-state index contributed by atoms with van der Waals surface area (Å²) >= 11 is 1.05. The SMILES string of the molecule is O=S(CCC(F)=C(F)F)c1ncc(/C=[N+](\[O-])CC2CCC2)s1. The number of nitrogens with zero attached hydrogens (tertiary/aromatic N) is 2. The number of rotatable bonds is 7. The van der Waals surface area contributed by atoms with Crippen LogP contribution in [-0.2, 0) is 10.8 Å². The summed E-state index contributed by atoms with van der Waals surface area (Å²) in [5, 5.41) is 11.7. The molecule has 122 valence electrons. The molecule has 1 saturated carbocycles. The van der Waals surface area contributed by atoms with E-state index in [1.54, 1.807) is 0 Å². The van der Waals surface area contributed by atoms with Gasteiger partial charge in [-0.25, -0.2) is 14.1 Å². The normalized spacial score (nSPS) is 17.1. The van der Waals surface area contributed by atoms with E-state index in [0.717, 1.165) is 35.3 Å². The smallest absolute Gasteiger partial charge is 0.301 e. The van der Waals surface area contributed by atoms with Crippen LogP contribution in [0.1, 0.15) is 30.6 Å². The number of hydrogen-bond donors (Lipinski definition) is 0. The van der Waals surface area contributed by atoms with Gasteiger partial charge >= 0.3 is 6.08 Å². The molecule has 0 radical (unpaired) electrons. The van der Waals surface area contributed by atoms with Crippen LogP contribution in [0.3, 0.4) is 0 Å². The van der Waals surface area contributed by atoms with Gasteiger partial charge in [-0.1, -0.05) is 17.8 Å². The first-order valence-corrected chi connectivity index (χ1v) is 8.91. The van der Waals surface area contributed by atoms with Gasteiger partial charge in [0.2, 0.25) is 0 Å². The van der Waals surface area contributed by atoms with Crippen molar-refractivity contribution in [3.63, 3.8) is 0 Å². The maximum atomic E-state index is 12.7. The van der Waals surface area contributed by atoms with Crippen LogP contribution in [0, 0.1) is 11.1 Å². The third kappa shape index (κ3) is 4.91. The molecule has 1 heterocycles. The molecule has 0 spiro atoms. The fraction of sp³-hybridized carbons (Fsp3) is 0.538. The highest BCUT2D eigenvalue weighted by molar-refractivity contribution is 7.87.